The highest BCUT2D eigenvalue weighted by Crippen LogP contribution is 2.35. The molecule has 1 aromatic heterocycles. The van der Waals surface area contributed by atoms with Crippen LogP contribution in [0.3, 0.4) is 0 Å². The number of aromatic nitrogens is 1. The lowest BCUT2D eigenvalue weighted by atomic mass is 10.0. The summed E-state index contributed by atoms with van der Waals surface area (Å²) in [6.45, 7) is 3.45. The standard InChI is InChI=1S/C23H25N3O3/c1-16-6-11-20(23(27)28)22(25-12-4-5-13-25)21(16)26-14-19(15-26)29-18-9-7-17(8-10-18)24(2)3/h4-13,19H,14-15H2,1-3H3,(H,27,28). The molecule has 0 bridgehead atoms. The van der Waals surface area contributed by atoms with Crippen molar-refractivity contribution in [3.8, 4) is 11.4 Å². The van der Waals surface area contributed by atoms with Crippen molar-refractivity contribution in [2.75, 3.05) is 37.0 Å². The highest BCUT2D eigenvalue weighted by Gasteiger charge is 2.33. The Balaban J connectivity index is 1.55. The van der Waals surface area contributed by atoms with Crippen molar-refractivity contribution in [3.63, 3.8) is 0 Å². The minimum Gasteiger partial charge on any atom is -0.487 e. The van der Waals surface area contributed by atoms with Gasteiger partial charge in [0, 0.05) is 32.2 Å². The van der Waals surface area contributed by atoms with Gasteiger partial charge in [0.2, 0.25) is 0 Å². The first kappa shape index (κ1) is 18.9. The Bertz CT molecular complexity index is 1000. The second-order valence-electron chi connectivity index (χ2n) is 7.56. The number of aryl methyl sites for hydroxylation is 1. The first-order chi connectivity index (χ1) is 13.9. The number of hydrogen-bond acceptors (Lipinski definition) is 4. The first-order valence-electron chi connectivity index (χ1n) is 9.63. The van der Waals surface area contributed by atoms with Crippen molar-refractivity contribution in [1.82, 2.24) is 4.57 Å². The van der Waals surface area contributed by atoms with E-state index >= 15 is 0 Å². The summed E-state index contributed by atoms with van der Waals surface area (Å²) in [5.41, 5.74) is 4.13. The van der Waals surface area contributed by atoms with E-state index < -0.39 is 5.97 Å². The summed E-state index contributed by atoms with van der Waals surface area (Å²) >= 11 is 0. The Hall–Kier alpha value is -3.41. The normalized spacial score (nSPS) is 13.8. The minimum absolute atomic E-state index is 0.0746. The van der Waals surface area contributed by atoms with Gasteiger partial charge in [0.1, 0.15) is 11.9 Å². The monoisotopic (exact) mass is 391 g/mol. The maximum absolute atomic E-state index is 11.8. The molecule has 0 aliphatic carbocycles. The summed E-state index contributed by atoms with van der Waals surface area (Å²) in [6, 6.07) is 15.4. The molecule has 2 heterocycles. The molecule has 6 heteroatoms. The number of aromatic carboxylic acids is 1. The van der Waals surface area contributed by atoms with E-state index in [4.69, 9.17) is 4.74 Å². The maximum Gasteiger partial charge on any atom is 0.337 e. The summed E-state index contributed by atoms with van der Waals surface area (Å²) in [7, 11) is 4.02. The van der Waals surface area contributed by atoms with Gasteiger partial charge in [-0.05, 0) is 55.0 Å². The number of carboxylic acid groups (broad SMARTS) is 1. The molecule has 1 N–H and O–H groups in total. The molecule has 1 aliphatic heterocycles. The quantitative estimate of drug-likeness (QED) is 0.692. The van der Waals surface area contributed by atoms with Crippen LogP contribution in [-0.2, 0) is 0 Å². The average molecular weight is 391 g/mol. The third kappa shape index (κ3) is 3.66. The molecule has 0 amide bonds. The van der Waals surface area contributed by atoms with E-state index in [-0.39, 0.29) is 6.10 Å². The Labute approximate surface area is 170 Å². The van der Waals surface area contributed by atoms with Crippen molar-refractivity contribution < 1.29 is 14.6 Å². The van der Waals surface area contributed by atoms with Gasteiger partial charge in [-0.15, -0.1) is 0 Å². The zero-order valence-electron chi connectivity index (χ0n) is 16.9. The van der Waals surface area contributed by atoms with Crippen LogP contribution in [0.15, 0.2) is 60.9 Å². The predicted octanol–water partition coefficient (Wildman–Crippen LogP) is 3.82. The van der Waals surface area contributed by atoms with Crippen LogP contribution < -0.4 is 14.5 Å². The second kappa shape index (κ2) is 7.54. The van der Waals surface area contributed by atoms with E-state index in [1.54, 1.807) is 6.07 Å². The highest BCUT2D eigenvalue weighted by atomic mass is 16.5. The minimum atomic E-state index is -0.927. The number of benzene rings is 2. The van der Waals surface area contributed by atoms with E-state index in [0.717, 1.165) is 22.7 Å². The van der Waals surface area contributed by atoms with Crippen molar-refractivity contribution in [2.24, 2.45) is 0 Å². The summed E-state index contributed by atoms with van der Waals surface area (Å²) in [5, 5.41) is 9.70. The Kier molecular flexibility index (Phi) is 4.92. The zero-order valence-corrected chi connectivity index (χ0v) is 16.9. The van der Waals surface area contributed by atoms with Crippen molar-refractivity contribution >= 4 is 17.3 Å². The SMILES string of the molecule is Cc1ccc(C(=O)O)c(-n2cccc2)c1N1CC(Oc2ccc(N(C)C)cc2)C1. The molecule has 0 atom stereocenters. The van der Waals surface area contributed by atoms with Gasteiger partial charge in [-0.1, -0.05) is 6.07 Å². The first-order valence-corrected chi connectivity index (χ1v) is 9.63. The molecule has 2 aromatic carbocycles. The van der Waals surface area contributed by atoms with Crippen molar-refractivity contribution in [2.45, 2.75) is 13.0 Å². The van der Waals surface area contributed by atoms with Gasteiger partial charge in [0.05, 0.1) is 30.0 Å². The van der Waals surface area contributed by atoms with E-state index in [1.807, 2.05) is 80.4 Å². The molecule has 4 rings (SSSR count). The number of carbonyl (C=O) groups is 1. The van der Waals surface area contributed by atoms with Crippen LogP contribution in [0.2, 0.25) is 0 Å². The van der Waals surface area contributed by atoms with Crippen LogP contribution in [0.5, 0.6) is 5.75 Å². The van der Waals surface area contributed by atoms with Crippen LogP contribution in [0.4, 0.5) is 11.4 Å². The lowest BCUT2D eigenvalue weighted by molar-refractivity contribution is 0.0697. The summed E-state index contributed by atoms with van der Waals surface area (Å²) in [4.78, 5) is 16.1. The molecule has 1 aliphatic rings. The topological polar surface area (TPSA) is 57.9 Å². The summed E-state index contributed by atoms with van der Waals surface area (Å²) in [5.74, 6) is -0.0776. The van der Waals surface area contributed by atoms with Gasteiger partial charge in [-0.2, -0.15) is 0 Å². The van der Waals surface area contributed by atoms with Gasteiger partial charge in [-0.25, -0.2) is 4.79 Å². The summed E-state index contributed by atoms with van der Waals surface area (Å²) < 4.78 is 7.98. The molecule has 3 aromatic rings. The zero-order chi connectivity index (χ0) is 20.5. The number of nitrogens with zero attached hydrogens (tertiary/aromatic N) is 3. The number of hydrogen-bond donors (Lipinski definition) is 1. The molecule has 0 spiro atoms. The summed E-state index contributed by atoms with van der Waals surface area (Å²) in [6.07, 6.45) is 3.83. The third-order valence-corrected chi connectivity index (χ3v) is 5.27. The second-order valence-corrected chi connectivity index (χ2v) is 7.56. The number of rotatable bonds is 6. The predicted molar refractivity (Wildman–Crippen MR) is 115 cm³/mol. The Morgan fingerprint density at radius 1 is 1.03 bits per heavy atom. The van der Waals surface area contributed by atoms with Crippen LogP contribution in [0, 0.1) is 6.92 Å². The largest absolute Gasteiger partial charge is 0.487 e. The fraction of sp³-hybridized carbons (Fsp3) is 0.261. The van der Waals surface area contributed by atoms with Gasteiger partial charge in [0.15, 0.2) is 0 Å². The lowest BCUT2D eigenvalue weighted by Gasteiger charge is -2.42. The smallest absolute Gasteiger partial charge is 0.337 e. The van der Waals surface area contributed by atoms with Crippen LogP contribution >= 0.6 is 0 Å². The lowest BCUT2D eigenvalue weighted by Crippen LogP contribution is -2.54. The van der Waals surface area contributed by atoms with Crippen molar-refractivity contribution in [3.05, 3.63) is 72.1 Å². The van der Waals surface area contributed by atoms with E-state index in [9.17, 15) is 9.90 Å². The fourth-order valence-corrected chi connectivity index (χ4v) is 3.71. The van der Waals surface area contributed by atoms with E-state index in [2.05, 4.69) is 9.80 Å². The number of carboxylic acids is 1. The van der Waals surface area contributed by atoms with Crippen LogP contribution in [0.1, 0.15) is 15.9 Å². The molecule has 6 nitrogen and oxygen atoms in total. The average Bonchev–Trinajstić information content (AvgIpc) is 3.19. The van der Waals surface area contributed by atoms with E-state index in [0.29, 0.717) is 24.3 Å². The molecule has 150 valence electrons. The molecule has 1 saturated heterocycles. The van der Waals surface area contributed by atoms with Crippen LogP contribution in [-0.4, -0.2) is 48.9 Å². The fourth-order valence-electron chi connectivity index (χ4n) is 3.71. The Morgan fingerprint density at radius 3 is 2.28 bits per heavy atom. The van der Waals surface area contributed by atoms with Gasteiger partial charge in [0.25, 0.3) is 0 Å². The van der Waals surface area contributed by atoms with Gasteiger partial charge < -0.3 is 24.2 Å². The molecule has 0 saturated carbocycles. The van der Waals surface area contributed by atoms with Crippen molar-refractivity contribution in [1.29, 1.82) is 0 Å². The van der Waals surface area contributed by atoms with Crippen LogP contribution in [0.25, 0.3) is 5.69 Å². The molecular weight excluding hydrogens is 366 g/mol. The van der Waals surface area contributed by atoms with Gasteiger partial charge in [-0.3, -0.25) is 0 Å². The third-order valence-electron chi connectivity index (χ3n) is 5.27. The maximum atomic E-state index is 11.8. The number of anilines is 2. The molecule has 1 fully saturated rings. The van der Waals surface area contributed by atoms with Gasteiger partial charge >= 0.3 is 5.97 Å². The molecule has 0 unspecified atom stereocenters. The molecule has 29 heavy (non-hydrogen) atoms. The van der Waals surface area contributed by atoms with E-state index in [1.165, 1.54) is 0 Å². The number of ether oxygens (including phenoxy) is 1. The Morgan fingerprint density at radius 2 is 1.69 bits per heavy atom. The molecular formula is C23H25N3O3. The highest BCUT2D eigenvalue weighted by molar-refractivity contribution is 5.96. The molecule has 0 radical (unpaired) electrons.